The van der Waals surface area contributed by atoms with Gasteiger partial charge in [-0.2, -0.15) is 0 Å². The Morgan fingerprint density at radius 3 is 2.50 bits per heavy atom. The number of hydrogen-bond donors (Lipinski definition) is 1. The molecule has 0 spiro atoms. The molecular formula is C11H10ClN3O2S. The maximum absolute atomic E-state index is 12.1. The molecule has 0 unspecified atom stereocenters. The zero-order chi connectivity index (χ0) is 13.2. The van der Waals surface area contributed by atoms with Gasteiger partial charge >= 0.3 is 0 Å². The highest BCUT2D eigenvalue weighted by molar-refractivity contribution is 7.90. The van der Waals surface area contributed by atoms with Crippen LogP contribution in [0.2, 0.25) is 5.02 Å². The van der Waals surface area contributed by atoms with Gasteiger partial charge in [0, 0.05) is 17.4 Å². The summed E-state index contributed by atoms with van der Waals surface area (Å²) in [6, 6.07) is 5.89. The smallest absolute Gasteiger partial charge is 0.187 e. The number of aromatic nitrogens is 2. The summed E-state index contributed by atoms with van der Waals surface area (Å²) in [6.07, 6.45) is 2.98. The van der Waals surface area contributed by atoms with Gasteiger partial charge in [0.05, 0.1) is 10.6 Å². The number of sulfone groups is 1. The number of hydrogen-bond acceptors (Lipinski definition) is 5. The van der Waals surface area contributed by atoms with Crippen molar-refractivity contribution in [3.63, 3.8) is 0 Å². The third-order valence-electron chi connectivity index (χ3n) is 2.25. The molecule has 2 rings (SSSR count). The molecule has 0 aliphatic heterocycles. The van der Waals surface area contributed by atoms with E-state index in [1.165, 1.54) is 30.6 Å². The molecule has 18 heavy (non-hydrogen) atoms. The van der Waals surface area contributed by atoms with Gasteiger partial charge in [0.1, 0.15) is 11.6 Å². The van der Waals surface area contributed by atoms with Gasteiger partial charge in [-0.05, 0) is 24.3 Å². The number of halogens is 1. The lowest BCUT2D eigenvalue weighted by atomic mass is 10.3. The van der Waals surface area contributed by atoms with E-state index in [1.807, 2.05) is 0 Å². The Balaban J connectivity index is 2.37. The summed E-state index contributed by atoms with van der Waals surface area (Å²) >= 11 is 5.73. The fraction of sp³-hybridized carbons (Fsp3) is 0.0909. The summed E-state index contributed by atoms with van der Waals surface area (Å²) in [5.41, 5.74) is 5.78. The van der Waals surface area contributed by atoms with E-state index < -0.39 is 9.84 Å². The van der Waals surface area contributed by atoms with Gasteiger partial charge in [-0.15, -0.1) is 0 Å². The first-order chi connectivity index (χ1) is 8.49. The Morgan fingerprint density at radius 1 is 1.22 bits per heavy atom. The lowest BCUT2D eigenvalue weighted by Gasteiger charge is -2.06. The Bertz CT molecular complexity index is 659. The highest BCUT2D eigenvalue weighted by Crippen LogP contribution is 2.24. The minimum atomic E-state index is -3.57. The Morgan fingerprint density at radius 2 is 1.89 bits per heavy atom. The summed E-state index contributed by atoms with van der Waals surface area (Å²) in [5.74, 6) is -0.0634. The average molecular weight is 284 g/mol. The topological polar surface area (TPSA) is 85.9 Å². The van der Waals surface area contributed by atoms with E-state index in [2.05, 4.69) is 9.97 Å². The second-order valence-electron chi connectivity index (χ2n) is 3.61. The molecule has 0 atom stereocenters. The van der Waals surface area contributed by atoms with Gasteiger partial charge < -0.3 is 5.73 Å². The zero-order valence-corrected chi connectivity index (χ0v) is 10.8. The predicted molar refractivity (Wildman–Crippen MR) is 68.8 cm³/mol. The fourth-order valence-electron chi connectivity index (χ4n) is 1.45. The molecule has 0 bridgehead atoms. The van der Waals surface area contributed by atoms with E-state index >= 15 is 0 Å². The molecule has 0 aliphatic rings. The normalized spacial score (nSPS) is 11.4. The second kappa shape index (κ2) is 4.91. The molecule has 0 fully saturated rings. The molecule has 2 N–H and O–H groups in total. The SMILES string of the molecule is Nc1cc(Cl)ccc1S(=O)(=O)Cc1ncccn1. The lowest BCUT2D eigenvalue weighted by molar-refractivity contribution is 0.594. The van der Waals surface area contributed by atoms with Crippen molar-refractivity contribution in [1.29, 1.82) is 0 Å². The van der Waals surface area contributed by atoms with Crippen molar-refractivity contribution in [2.24, 2.45) is 0 Å². The third-order valence-corrected chi connectivity index (χ3v) is 4.16. The minimum absolute atomic E-state index is 0.0411. The van der Waals surface area contributed by atoms with Crippen LogP contribution in [0.25, 0.3) is 0 Å². The lowest BCUT2D eigenvalue weighted by Crippen LogP contribution is -2.10. The van der Waals surface area contributed by atoms with E-state index in [1.54, 1.807) is 6.07 Å². The number of nitrogens with zero attached hydrogens (tertiary/aromatic N) is 2. The van der Waals surface area contributed by atoms with Crippen molar-refractivity contribution in [2.45, 2.75) is 10.6 Å². The van der Waals surface area contributed by atoms with Crippen molar-refractivity contribution in [3.8, 4) is 0 Å². The van der Waals surface area contributed by atoms with Crippen LogP contribution >= 0.6 is 11.6 Å². The molecule has 1 aromatic carbocycles. The van der Waals surface area contributed by atoms with Crippen LogP contribution in [0.4, 0.5) is 5.69 Å². The Hall–Kier alpha value is -1.66. The standard InChI is InChI=1S/C11H10ClN3O2S/c12-8-2-3-10(9(13)6-8)18(16,17)7-11-14-4-1-5-15-11/h1-6H,7,13H2. The number of nitrogen functional groups attached to an aromatic ring is 1. The summed E-state index contributed by atoms with van der Waals surface area (Å²) in [6.45, 7) is 0. The van der Waals surface area contributed by atoms with Crippen molar-refractivity contribution in [2.75, 3.05) is 5.73 Å². The van der Waals surface area contributed by atoms with Crippen LogP contribution in [0.1, 0.15) is 5.82 Å². The van der Waals surface area contributed by atoms with Crippen molar-refractivity contribution in [1.82, 2.24) is 9.97 Å². The molecule has 94 valence electrons. The molecular weight excluding hydrogens is 274 g/mol. The first kappa shape index (κ1) is 12.8. The summed E-state index contributed by atoms with van der Waals surface area (Å²) in [4.78, 5) is 7.80. The number of benzene rings is 1. The maximum atomic E-state index is 12.1. The molecule has 2 aromatic rings. The van der Waals surface area contributed by atoms with Crippen LogP contribution in [-0.4, -0.2) is 18.4 Å². The van der Waals surface area contributed by atoms with Crippen LogP contribution in [0.3, 0.4) is 0 Å². The summed E-state index contributed by atoms with van der Waals surface area (Å²) in [5, 5.41) is 0.391. The van der Waals surface area contributed by atoms with Crippen LogP contribution < -0.4 is 5.73 Å². The molecule has 7 heteroatoms. The summed E-state index contributed by atoms with van der Waals surface area (Å²) < 4.78 is 24.3. The third kappa shape index (κ3) is 2.77. The van der Waals surface area contributed by atoms with E-state index in [0.29, 0.717) is 5.02 Å². The molecule has 1 heterocycles. The van der Waals surface area contributed by atoms with E-state index in [9.17, 15) is 8.42 Å². The largest absolute Gasteiger partial charge is 0.398 e. The monoisotopic (exact) mass is 283 g/mol. The van der Waals surface area contributed by atoms with Gasteiger partial charge in [0.15, 0.2) is 9.84 Å². The number of anilines is 1. The van der Waals surface area contributed by atoms with Crippen LogP contribution in [0.5, 0.6) is 0 Å². The highest BCUT2D eigenvalue weighted by atomic mass is 35.5. The number of rotatable bonds is 3. The van der Waals surface area contributed by atoms with E-state index in [0.717, 1.165) is 0 Å². The molecule has 1 aromatic heterocycles. The van der Waals surface area contributed by atoms with Gasteiger partial charge in [0.2, 0.25) is 0 Å². The predicted octanol–water partition coefficient (Wildman–Crippen LogP) is 1.69. The summed E-state index contributed by atoms with van der Waals surface area (Å²) in [7, 11) is -3.57. The van der Waals surface area contributed by atoms with Crippen LogP contribution in [0.15, 0.2) is 41.6 Å². The van der Waals surface area contributed by atoms with Gasteiger partial charge in [-0.25, -0.2) is 18.4 Å². The number of nitrogens with two attached hydrogens (primary N) is 1. The Labute approximate surface area is 110 Å². The fourth-order valence-corrected chi connectivity index (χ4v) is 2.97. The quantitative estimate of drug-likeness (QED) is 0.866. The minimum Gasteiger partial charge on any atom is -0.398 e. The Kier molecular flexibility index (Phi) is 3.49. The maximum Gasteiger partial charge on any atom is 0.187 e. The van der Waals surface area contributed by atoms with Crippen molar-refractivity contribution in [3.05, 3.63) is 47.5 Å². The van der Waals surface area contributed by atoms with Gasteiger partial charge in [-0.3, -0.25) is 0 Å². The molecule has 0 amide bonds. The second-order valence-corrected chi connectivity index (χ2v) is 6.00. The van der Waals surface area contributed by atoms with Crippen molar-refractivity contribution >= 4 is 27.1 Å². The van der Waals surface area contributed by atoms with E-state index in [4.69, 9.17) is 17.3 Å². The van der Waals surface area contributed by atoms with Crippen LogP contribution in [-0.2, 0) is 15.6 Å². The molecule has 0 saturated carbocycles. The first-order valence-corrected chi connectivity index (χ1v) is 7.06. The molecule has 0 radical (unpaired) electrons. The molecule has 5 nitrogen and oxygen atoms in total. The van der Waals surface area contributed by atoms with Crippen molar-refractivity contribution < 1.29 is 8.42 Å². The molecule has 0 saturated heterocycles. The highest BCUT2D eigenvalue weighted by Gasteiger charge is 2.19. The first-order valence-electron chi connectivity index (χ1n) is 5.03. The molecule has 0 aliphatic carbocycles. The van der Waals surface area contributed by atoms with E-state index in [-0.39, 0.29) is 22.2 Å². The van der Waals surface area contributed by atoms with Crippen LogP contribution in [0, 0.1) is 0 Å². The average Bonchev–Trinajstić information content (AvgIpc) is 2.29. The zero-order valence-electron chi connectivity index (χ0n) is 9.25. The van der Waals surface area contributed by atoms with Gasteiger partial charge in [0.25, 0.3) is 0 Å². The van der Waals surface area contributed by atoms with Gasteiger partial charge in [-0.1, -0.05) is 11.6 Å².